The smallest absolute Gasteiger partial charge is 0.324 e. The summed E-state index contributed by atoms with van der Waals surface area (Å²) in [5.74, 6) is -8.42. The minimum Gasteiger partial charge on any atom is -0.508 e. The molecule has 14 heteroatoms. The quantitative estimate of drug-likeness (QED) is 0.204. The zero-order valence-corrected chi connectivity index (χ0v) is 22.6. The average molecular weight is 584 g/mol. The third-order valence-corrected chi connectivity index (χ3v) is 8.11. The molecule has 1 saturated carbocycles. The normalized spacial score (nSPS) is 25.4. The molecule has 0 radical (unpaired) electrons. The van der Waals surface area contributed by atoms with Crippen LogP contribution >= 0.6 is 11.6 Å². The summed E-state index contributed by atoms with van der Waals surface area (Å²) in [6.45, 7) is 0. The molecule has 1 heterocycles. The monoisotopic (exact) mass is 583 g/mol. The van der Waals surface area contributed by atoms with E-state index in [2.05, 4.69) is 15.6 Å². The van der Waals surface area contributed by atoms with Crippen LogP contribution in [-0.2, 0) is 20.8 Å². The number of amides is 3. The van der Waals surface area contributed by atoms with Crippen LogP contribution in [-0.4, -0.2) is 79.6 Å². The van der Waals surface area contributed by atoms with Gasteiger partial charge >= 0.3 is 6.03 Å². The first-order valence-corrected chi connectivity index (χ1v) is 12.9. The number of benzene rings is 1. The number of carbonyl (C=O) groups excluding carboxylic acids is 4. The SMILES string of the molecule is CN(C)[C@@H]1C(=O)C(C(N)=O)=C(O)[C@@]2(O)C(=O)C3=C(O)c4c(O)c(NC(=O)Nc5ccccc5)nc(Cl)c4C[C@H]3C[C@@H]12. The van der Waals surface area contributed by atoms with Gasteiger partial charge in [-0.3, -0.25) is 24.6 Å². The van der Waals surface area contributed by atoms with Gasteiger partial charge in [0.2, 0.25) is 5.78 Å². The van der Waals surface area contributed by atoms with Crippen molar-refractivity contribution < 1.29 is 39.6 Å². The second kappa shape index (κ2) is 9.87. The maximum atomic E-state index is 13.9. The highest BCUT2D eigenvalue weighted by Crippen LogP contribution is 2.53. The number of Topliss-reactive ketones (excluding diaryl/α,β-unsaturated/α-hetero) is 2. The van der Waals surface area contributed by atoms with Crippen LogP contribution in [0.25, 0.3) is 5.76 Å². The topological polar surface area (TPSA) is 215 Å². The molecular formula is C27H26ClN5O8. The van der Waals surface area contributed by atoms with E-state index < -0.39 is 75.6 Å². The predicted octanol–water partition coefficient (Wildman–Crippen LogP) is 1.66. The van der Waals surface area contributed by atoms with E-state index >= 15 is 0 Å². The number of likely N-dealkylation sites (N-methyl/N-ethyl adjacent to an activating group) is 1. The maximum absolute atomic E-state index is 13.9. The highest BCUT2D eigenvalue weighted by molar-refractivity contribution is 6.31. The summed E-state index contributed by atoms with van der Waals surface area (Å²) in [5.41, 5.74) is 1.62. The molecule has 214 valence electrons. The molecule has 1 aromatic heterocycles. The third kappa shape index (κ3) is 4.20. The first-order chi connectivity index (χ1) is 19.3. The number of pyridine rings is 1. The first-order valence-electron chi connectivity index (χ1n) is 12.5. The molecule has 3 aliphatic carbocycles. The molecule has 3 aliphatic rings. The first kappa shape index (κ1) is 28.1. The number of aliphatic hydroxyl groups excluding tert-OH is 2. The zero-order chi connectivity index (χ0) is 30.0. The van der Waals surface area contributed by atoms with Gasteiger partial charge in [-0.25, -0.2) is 9.78 Å². The zero-order valence-electron chi connectivity index (χ0n) is 21.8. The number of carbonyl (C=O) groups is 4. The Morgan fingerprint density at radius 1 is 1.12 bits per heavy atom. The molecule has 4 atom stereocenters. The number of nitrogens with one attached hydrogen (secondary N) is 2. The van der Waals surface area contributed by atoms with Gasteiger partial charge in [-0.1, -0.05) is 29.8 Å². The summed E-state index contributed by atoms with van der Waals surface area (Å²) < 4.78 is 0. The van der Waals surface area contributed by atoms with E-state index in [1.807, 2.05) is 0 Å². The lowest BCUT2D eigenvalue weighted by Gasteiger charge is -2.50. The summed E-state index contributed by atoms with van der Waals surface area (Å²) >= 11 is 6.42. The third-order valence-electron chi connectivity index (χ3n) is 7.80. The minimum atomic E-state index is -2.77. The van der Waals surface area contributed by atoms with E-state index in [-0.39, 0.29) is 34.7 Å². The molecule has 0 spiro atoms. The van der Waals surface area contributed by atoms with E-state index in [4.69, 9.17) is 17.3 Å². The Hall–Kier alpha value is -4.46. The highest BCUT2D eigenvalue weighted by atomic mass is 35.5. The van der Waals surface area contributed by atoms with Crippen LogP contribution in [0.3, 0.4) is 0 Å². The molecule has 2 aromatic rings. The molecule has 1 aromatic carbocycles. The van der Waals surface area contributed by atoms with Crippen LogP contribution in [0.15, 0.2) is 47.2 Å². The van der Waals surface area contributed by atoms with Gasteiger partial charge in [-0.2, -0.15) is 0 Å². The number of aliphatic hydroxyl groups is 3. The fourth-order valence-electron chi connectivity index (χ4n) is 6.04. The Morgan fingerprint density at radius 2 is 1.78 bits per heavy atom. The summed E-state index contributed by atoms with van der Waals surface area (Å²) in [6, 6.07) is 6.42. The van der Waals surface area contributed by atoms with Gasteiger partial charge in [0.25, 0.3) is 5.91 Å². The number of hydrogen-bond acceptors (Lipinski definition) is 10. The Labute approximate surface area is 237 Å². The molecule has 0 bridgehead atoms. The lowest BCUT2D eigenvalue weighted by atomic mass is 9.57. The number of anilines is 2. The van der Waals surface area contributed by atoms with Gasteiger partial charge in [-0.05, 0) is 45.0 Å². The molecule has 0 saturated heterocycles. The van der Waals surface area contributed by atoms with E-state index in [9.17, 15) is 39.6 Å². The van der Waals surface area contributed by atoms with Crippen LogP contribution in [0.2, 0.25) is 5.15 Å². The lowest BCUT2D eigenvalue weighted by molar-refractivity contribution is -0.153. The summed E-state index contributed by atoms with van der Waals surface area (Å²) in [4.78, 5) is 57.1. The number of halogens is 1. The number of para-hydroxylation sites is 1. The number of fused-ring (bicyclic) bond motifs is 3. The molecule has 3 amide bonds. The van der Waals surface area contributed by atoms with Crippen LogP contribution in [0.5, 0.6) is 5.75 Å². The number of primary amides is 1. The number of rotatable bonds is 4. The van der Waals surface area contributed by atoms with Crippen molar-refractivity contribution in [1.29, 1.82) is 0 Å². The van der Waals surface area contributed by atoms with Crippen LogP contribution in [0, 0.1) is 11.8 Å². The van der Waals surface area contributed by atoms with Crippen molar-refractivity contribution in [2.45, 2.75) is 24.5 Å². The Morgan fingerprint density at radius 3 is 2.39 bits per heavy atom. The molecule has 13 nitrogen and oxygen atoms in total. The molecule has 0 unspecified atom stereocenters. The minimum absolute atomic E-state index is 0.0373. The van der Waals surface area contributed by atoms with Crippen molar-refractivity contribution >= 4 is 52.4 Å². The fourth-order valence-corrected chi connectivity index (χ4v) is 6.29. The Kier molecular flexibility index (Phi) is 6.76. The van der Waals surface area contributed by atoms with E-state index in [1.165, 1.54) is 19.0 Å². The van der Waals surface area contributed by atoms with Crippen LogP contribution in [0.4, 0.5) is 16.3 Å². The number of urea groups is 1. The number of hydrogen-bond donors (Lipinski definition) is 7. The molecule has 0 aliphatic heterocycles. The van der Waals surface area contributed by atoms with Crippen LogP contribution in [0.1, 0.15) is 17.5 Å². The largest absolute Gasteiger partial charge is 0.508 e. The average Bonchev–Trinajstić information content (AvgIpc) is 2.89. The van der Waals surface area contributed by atoms with Gasteiger partial charge in [0.05, 0.1) is 11.6 Å². The summed E-state index contributed by atoms with van der Waals surface area (Å²) in [6.07, 6.45) is -0.132. The second-order valence-electron chi connectivity index (χ2n) is 10.4. The van der Waals surface area contributed by atoms with Gasteiger partial charge in [0, 0.05) is 22.7 Å². The molecule has 5 rings (SSSR count). The lowest BCUT2D eigenvalue weighted by Crippen LogP contribution is -2.65. The molecule has 41 heavy (non-hydrogen) atoms. The van der Waals surface area contributed by atoms with Gasteiger partial charge in [0.15, 0.2) is 23.0 Å². The van der Waals surface area contributed by atoms with Gasteiger partial charge in [0.1, 0.15) is 22.2 Å². The summed E-state index contributed by atoms with van der Waals surface area (Å²) in [5, 5.41) is 49.6. The maximum Gasteiger partial charge on any atom is 0.324 e. The highest BCUT2D eigenvalue weighted by Gasteiger charge is 2.64. The fraction of sp³-hybridized carbons (Fsp3) is 0.296. The van der Waals surface area contributed by atoms with Gasteiger partial charge in [-0.15, -0.1) is 0 Å². The number of aromatic hydroxyl groups is 1. The van der Waals surface area contributed by atoms with Gasteiger partial charge < -0.3 is 31.5 Å². The Bertz CT molecular complexity index is 1590. The van der Waals surface area contributed by atoms with Crippen molar-refractivity contribution in [3.8, 4) is 5.75 Å². The van der Waals surface area contributed by atoms with Crippen molar-refractivity contribution in [3.05, 3.63) is 63.5 Å². The number of ketones is 2. The number of aromatic nitrogens is 1. The molecule has 1 fully saturated rings. The van der Waals surface area contributed by atoms with Crippen molar-refractivity contribution in [2.24, 2.45) is 17.6 Å². The van der Waals surface area contributed by atoms with E-state index in [0.717, 1.165) is 0 Å². The Balaban J connectivity index is 1.60. The van der Waals surface area contributed by atoms with E-state index in [0.29, 0.717) is 5.69 Å². The van der Waals surface area contributed by atoms with E-state index in [1.54, 1.807) is 30.3 Å². The number of nitrogens with two attached hydrogens (primary N) is 1. The van der Waals surface area contributed by atoms with Crippen molar-refractivity contribution in [1.82, 2.24) is 9.88 Å². The summed E-state index contributed by atoms with van der Waals surface area (Å²) in [7, 11) is 3.02. The van der Waals surface area contributed by atoms with Crippen molar-refractivity contribution in [2.75, 3.05) is 24.7 Å². The number of nitrogens with zero attached hydrogens (tertiary/aromatic N) is 2. The standard InChI is InChI=1S/C27H26ClN5O8/c1-33(2)17-13-9-10-8-12-15(18(34)14(10)21(37)27(13,41)22(38)16(19(17)35)24(29)39)20(36)25(31-23(12)28)32-26(40)30-11-6-4-3-5-7-11/h3-7,10,13,17,34,36,38,41H,8-9H2,1-2H3,(H2,29,39)(H2,30,31,32,40)/t10-,13-,17-,27-/m0/s1. The molecule has 8 N–H and O–H groups in total. The van der Waals surface area contributed by atoms with Crippen molar-refractivity contribution in [3.63, 3.8) is 0 Å². The molecular weight excluding hydrogens is 558 g/mol. The van der Waals surface area contributed by atoms with Crippen LogP contribution < -0.4 is 16.4 Å². The second-order valence-corrected chi connectivity index (χ2v) is 10.7. The predicted molar refractivity (Wildman–Crippen MR) is 146 cm³/mol.